The Kier molecular flexibility index (Phi) is 6.17. The van der Waals surface area contributed by atoms with Gasteiger partial charge in [-0.15, -0.1) is 11.3 Å². The second kappa shape index (κ2) is 8.43. The van der Waals surface area contributed by atoms with Crippen molar-refractivity contribution in [2.75, 3.05) is 24.5 Å². The number of hydrogen-bond acceptors (Lipinski definition) is 6. The Morgan fingerprint density at radius 3 is 2.68 bits per heavy atom. The molecule has 0 aliphatic carbocycles. The monoisotopic (exact) mass is 403 g/mol. The van der Waals surface area contributed by atoms with E-state index in [0.717, 1.165) is 61.2 Å². The number of nitrogens with one attached hydrogen (secondary N) is 1. The molecule has 0 radical (unpaired) electrons. The zero-order valence-electron chi connectivity index (χ0n) is 16.8. The molecule has 3 heterocycles. The summed E-state index contributed by atoms with van der Waals surface area (Å²) in [5.74, 6) is 0.335. The van der Waals surface area contributed by atoms with E-state index in [1.54, 1.807) is 6.20 Å². The van der Waals surface area contributed by atoms with Gasteiger partial charge < -0.3 is 16.0 Å². The molecule has 0 bridgehead atoms. The molecule has 0 unspecified atom stereocenters. The number of fused-ring (bicyclic) bond motifs is 1. The van der Waals surface area contributed by atoms with E-state index in [1.165, 1.54) is 17.7 Å². The van der Waals surface area contributed by atoms with Gasteiger partial charge in [-0.25, -0.2) is 9.97 Å². The van der Waals surface area contributed by atoms with E-state index in [1.807, 2.05) is 20.8 Å². The van der Waals surface area contributed by atoms with Crippen molar-refractivity contribution in [3.8, 4) is 0 Å². The van der Waals surface area contributed by atoms with Gasteiger partial charge in [-0.3, -0.25) is 9.59 Å². The van der Waals surface area contributed by atoms with Crippen LogP contribution in [-0.2, 0) is 4.79 Å². The first kappa shape index (κ1) is 20.5. The molecule has 1 aliphatic rings. The lowest BCUT2D eigenvalue weighted by atomic mass is 9.91. The molecule has 8 heteroatoms. The Labute approximate surface area is 169 Å². The number of primary amides is 1. The minimum absolute atomic E-state index is 0.104. The van der Waals surface area contributed by atoms with Crippen LogP contribution in [0.1, 0.15) is 56.1 Å². The maximum atomic E-state index is 11.9. The molecule has 0 atom stereocenters. The molecule has 152 valence electrons. The smallest absolute Gasteiger partial charge is 0.261 e. The summed E-state index contributed by atoms with van der Waals surface area (Å²) in [6, 6.07) is 0. The van der Waals surface area contributed by atoms with Gasteiger partial charge in [-0.1, -0.05) is 20.8 Å². The summed E-state index contributed by atoms with van der Waals surface area (Å²) >= 11 is 1.37. The zero-order chi connectivity index (χ0) is 20.3. The zero-order valence-corrected chi connectivity index (χ0v) is 17.6. The van der Waals surface area contributed by atoms with Crippen molar-refractivity contribution in [1.29, 1.82) is 0 Å². The van der Waals surface area contributed by atoms with Gasteiger partial charge in [0.25, 0.3) is 5.91 Å². The van der Waals surface area contributed by atoms with Gasteiger partial charge in [-0.05, 0) is 31.6 Å². The highest BCUT2D eigenvalue weighted by Crippen LogP contribution is 2.38. The number of carbonyl (C=O) groups excluding carboxylic acids is 2. The van der Waals surface area contributed by atoms with Gasteiger partial charge in [0.2, 0.25) is 5.91 Å². The molecule has 0 spiro atoms. The van der Waals surface area contributed by atoms with Gasteiger partial charge >= 0.3 is 0 Å². The molecule has 1 fully saturated rings. The van der Waals surface area contributed by atoms with Crippen molar-refractivity contribution >= 4 is 39.1 Å². The normalized spacial score (nSPS) is 15.8. The summed E-state index contributed by atoms with van der Waals surface area (Å²) in [7, 11) is 0. The first-order chi connectivity index (χ1) is 13.3. The van der Waals surface area contributed by atoms with E-state index >= 15 is 0 Å². The third-order valence-electron chi connectivity index (χ3n) is 5.24. The predicted octanol–water partition coefficient (Wildman–Crippen LogP) is 2.95. The van der Waals surface area contributed by atoms with Crippen LogP contribution in [0.5, 0.6) is 0 Å². The Morgan fingerprint density at radius 2 is 2.04 bits per heavy atom. The van der Waals surface area contributed by atoms with Crippen molar-refractivity contribution in [1.82, 2.24) is 15.3 Å². The fraction of sp³-hybridized carbons (Fsp3) is 0.600. The average Bonchev–Trinajstić information content (AvgIpc) is 3.05. The number of nitrogens with two attached hydrogens (primary N) is 1. The molecule has 1 saturated heterocycles. The molecule has 0 aromatic carbocycles. The summed E-state index contributed by atoms with van der Waals surface area (Å²) < 4.78 is 0.892. The number of hydrogen-bond donors (Lipinski definition) is 2. The average molecular weight is 404 g/mol. The second-order valence-corrected chi connectivity index (χ2v) is 9.51. The van der Waals surface area contributed by atoms with Crippen molar-refractivity contribution < 1.29 is 9.59 Å². The van der Waals surface area contributed by atoms with E-state index in [0.29, 0.717) is 10.8 Å². The summed E-state index contributed by atoms with van der Waals surface area (Å²) in [6.45, 7) is 8.28. The molecule has 2 aromatic heterocycles. The molecule has 2 aromatic rings. The molecule has 1 aliphatic heterocycles. The van der Waals surface area contributed by atoms with Crippen LogP contribution in [0.3, 0.4) is 0 Å². The second-order valence-electron chi connectivity index (χ2n) is 8.46. The standard InChI is InChI=1S/C20H29N5O2S/c1-20(2,3)19(27)23-8-4-5-13-6-9-25(10-7-13)16-15-14(11-22-12-24-15)28-17(16)18(21)26/h11-13H,4-10H2,1-3H3,(H2,21,26)(H,23,27). The number of carbonyl (C=O) groups is 2. The molecule has 3 rings (SSSR count). The fourth-order valence-corrected chi connectivity index (χ4v) is 4.60. The molecule has 7 nitrogen and oxygen atoms in total. The SMILES string of the molecule is CC(C)(C)C(=O)NCCCC1CCN(c2c(C(N)=O)sc3cncnc23)CC1. The van der Waals surface area contributed by atoms with Crippen molar-refractivity contribution in [2.45, 2.75) is 46.5 Å². The van der Waals surface area contributed by atoms with E-state index in [-0.39, 0.29) is 11.3 Å². The van der Waals surface area contributed by atoms with Crippen LogP contribution in [0.2, 0.25) is 0 Å². The maximum absolute atomic E-state index is 11.9. The van der Waals surface area contributed by atoms with E-state index in [2.05, 4.69) is 20.2 Å². The first-order valence-corrected chi connectivity index (χ1v) is 10.6. The minimum Gasteiger partial charge on any atom is -0.368 e. The lowest BCUT2D eigenvalue weighted by Crippen LogP contribution is -2.36. The van der Waals surface area contributed by atoms with Crippen LogP contribution in [0.25, 0.3) is 10.2 Å². The van der Waals surface area contributed by atoms with Crippen LogP contribution < -0.4 is 16.0 Å². The number of amides is 2. The van der Waals surface area contributed by atoms with Gasteiger partial charge in [0.15, 0.2) is 0 Å². The number of aromatic nitrogens is 2. The van der Waals surface area contributed by atoms with Crippen LogP contribution in [0, 0.1) is 11.3 Å². The van der Waals surface area contributed by atoms with Crippen LogP contribution in [0.15, 0.2) is 12.5 Å². The van der Waals surface area contributed by atoms with Crippen molar-refractivity contribution in [3.63, 3.8) is 0 Å². The van der Waals surface area contributed by atoms with E-state index in [9.17, 15) is 9.59 Å². The predicted molar refractivity (Wildman–Crippen MR) is 113 cm³/mol. The lowest BCUT2D eigenvalue weighted by Gasteiger charge is -2.33. The Balaban J connectivity index is 1.55. The van der Waals surface area contributed by atoms with E-state index in [4.69, 9.17) is 5.73 Å². The number of nitrogens with zero attached hydrogens (tertiary/aromatic N) is 3. The maximum Gasteiger partial charge on any atom is 0.261 e. The van der Waals surface area contributed by atoms with Gasteiger partial charge in [0.05, 0.1) is 10.4 Å². The minimum atomic E-state index is -0.408. The van der Waals surface area contributed by atoms with Gasteiger partial charge in [0.1, 0.15) is 16.7 Å². The molecule has 3 N–H and O–H groups in total. The summed E-state index contributed by atoms with van der Waals surface area (Å²) in [6.07, 6.45) is 7.48. The molecule has 2 amide bonds. The van der Waals surface area contributed by atoms with Gasteiger partial charge in [-0.2, -0.15) is 0 Å². The first-order valence-electron chi connectivity index (χ1n) is 9.83. The lowest BCUT2D eigenvalue weighted by molar-refractivity contribution is -0.128. The Bertz CT molecular complexity index is 850. The topological polar surface area (TPSA) is 101 Å². The van der Waals surface area contributed by atoms with Crippen LogP contribution in [-0.4, -0.2) is 41.4 Å². The highest BCUT2D eigenvalue weighted by molar-refractivity contribution is 7.21. The van der Waals surface area contributed by atoms with E-state index < -0.39 is 5.91 Å². The molecular formula is C20H29N5O2S. The number of rotatable bonds is 6. The number of anilines is 1. The third-order valence-corrected chi connectivity index (χ3v) is 6.36. The summed E-state index contributed by atoms with van der Waals surface area (Å²) in [5.41, 5.74) is 6.96. The molecule has 28 heavy (non-hydrogen) atoms. The number of piperidine rings is 1. The highest BCUT2D eigenvalue weighted by atomic mass is 32.1. The molecular weight excluding hydrogens is 374 g/mol. The van der Waals surface area contributed by atoms with Crippen LogP contribution >= 0.6 is 11.3 Å². The largest absolute Gasteiger partial charge is 0.368 e. The van der Waals surface area contributed by atoms with Crippen molar-refractivity contribution in [3.05, 3.63) is 17.4 Å². The number of thiophene rings is 1. The van der Waals surface area contributed by atoms with Crippen LogP contribution in [0.4, 0.5) is 5.69 Å². The highest BCUT2D eigenvalue weighted by Gasteiger charge is 2.27. The summed E-state index contributed by atoms with van der Waals surface area (Å²) in [4.78, 5) is 35.1. The van der Waals surface area contributed by atoms with Crippen molar-refractivity contribution in [2.24, 2.45) is 17.1 Å². The quantitative estimate of drug-likeness (QED) is 0.722. The fourth-order valence-electron chi connectivity index (χ4n) is 3.60. The third kappa shape index (κ3) is 4.60. The molecule has 0 saturated carbocycles. The Morgan fingerprint density at radius 1 is 1.32 bits per heavy atom. The van der Waals surface area contributed by atoms with Gasteiger partial charge in [0, 0.05) is 31.2 Å². The Hall–Kier alpha value is -2.22. The summed E-state index contributed by atoms with van der Waals surface area (Å²) in [5, 5.41) is 3.02.